The summed E-state index contributed by atoms with van der Waals surface area (Å²) in [6.07, 6.45) is 1.82. The Morgan fingerprint density at radius 3 is 2.70 bits per heavy atom. The number of nitrogens with two attached hydrogens (primary N) is 1. The van der Waals surface area contributed by atoms with E-state index < -0.39 is 29.7 Å². The van der Waals surface area contributed by atoms with Gasteiger partial charge in [0, 0.05) is 18.6 Å². The molecular weight excluding hydrogens is 452 g/mol. The molecule has 1 aromatic carbocycles. The smallest absolute Gasteiger partial charge is 0.265 e. The molecule has 2 atom stereocenters. The fourth-order valence-corrected chi connectivity index (χ4v) is 3.58. The van der Waals surface area contributed by atoms with Crippen molar-refractivity contribution in [1.82, 2.24) is 25.1 Å². The number of nitrogens with zero attached hydrogens (tertiary/aromatic N) is 5. The number of methoxy groups -OCH3 is 1. The van der Waals surface area contributed by atoms with Crippen LogP contribution in [0, 0.1) is 5.92 Å². The number of aliphatic hydroxyl groups excluding tert-OH is 1. The highest BCUT2D eigenvalue weighted by Crippen LogP contribution is 2.23. The number of hydrogen-bond donors (Lipinski definition) is 2. The van der Waals surface area contributed by atoms with Crippen molar-refractivity contribution in [3.05, 3.63) is 52.3 Å². The molecule has 0 radical (unpaired) electrons. The SMILES string of the molecule is COCCN1C(=O)C(C(N)=O)=CC(CCCc2nnn(C[C@H](O)c3ccc(Cl)cc3)n2)C1=O. The number of aryl methyl sites for hydroxylation is 1. The molecular formula is C21H25ClN6O5. The van der Waals surface area contributed by atoms with Crippen molar-refractivity contribution < 1.29 is 24.2 Å². The number of carbonyl (C=O) groups excluding carboxylic acids is 3. The van der Waals surface area contributed by atoms with Crippen LogP contribution in [0.2, 0.25) is 5.02 Å². The molecule has 11 nitrogen and oxygen atoms in total. The minimum Gasteiger partial charge on any atom is -0.386 e. The number of halogens is 1. The minimum absolute atomic E-state index is 0.0428. The Hall–Kier alpha value is -3.15. The van der Waals surface area contributed by atoms with Crippen LogP contribution < -0.4 is 5.73 Å². The first-order chi connectivity index (χ1) is 15.8. The summed E-state index contributed by atoms with van der Waals surface area (Å²) in [5, 5.41) is 23.1. The van der Waals surface area contributed by atoms with Gasteiger partial charge in [-0.15, -0.1) is 10.2 Å². The van der Waals surface area contributed by atoms with Crippen LogP contribution >= 0.6 is 11.6 Å². The number of aromatic nitrogens is 4. The van der Waals surface area contributed by atoms with Gasteiger partial charge in [0.2, 0.25) is 5.91 Å². The van der Waals surface area contributed by atoms with Gasteiger partial charge in [-0.1, -0.05) is 29.8 Å². The lowest BCUT2D eigenvalue weighted by atomic mass is 9.93. The molecule has 176 valence electrons. The topological polar surface area (TPSA) is 154 Å². The van der Waals surface area contributed by atoms with Gasteiger partial charge in [-0.25, -0.2) is 0 Å². The van der Waals surface area contributed by atoms with Crippen LogP contribution in [0.4, 0.5) is 0 Å². The Morgan fingerprint density at radius 2 is 2.03 bits per heavy atom. The number of carbonyl (C=O) groups is 3. The summed E-state index contributed by atoms with van der Waals surface area (Å²) < 4.78 is 4.94. The van der Waals surface area contributed by atoms with E-state index in [4.69, 9.17) is 22.1 Å². The third kappa shape index (κ3) is 6.21. The summed E-state index contributed by atoms with van der Waals surface area (Å²) in [4.78, 5) is 39.0. The second-order valence-electron chi connectivity index (χ2n) is 7.56. The molecule has 0 saturated heterocycles. The maximum Gasteiger partial charge on any atom is 0.265 e. The van der Waals surface area contributed by atoms with Gasteiger partial charge < -0.3 is 15.6 Å². The quantitative estimate of drug-likeness (QED) is 0.349. The van der Waals surface area contributed by atoms with E-state index in [0.29, 0.717) is 35.7 Å². The zero-order chi connectivity index (χ0) is 24.0. The van der Waals surface area contributed by atoms with Crippen LogP contribution in [0.3, 0.4) is 0 Å². The summed E-state index contributed by atoms with van der Waals surface area (Å²) in [6, 6.07) is 6.82. The normalized spacial score (nSPS) is 17.2. The maximum atomic E-state index is 12.7. The third-order valence-electron chi connectivity index (χ3n) is 5.21. The van der Waals surface area contributed by atoms with Gasteiger partial charge in [0.05, 0.1) is 25.6 Å². The number of imide groups is 1. The first kappa shape index (κ1) is 24.5. The summed E-state index contributed by atoms with van der Waals surface area (Å²) in [5.74, 6) is -2.19. The van der Waals surface area contributed by atoms with E-state index >= 15 is 0 Å². The Labute approximate surface area is 195 Å². The summed E-state index contributed by atoms with van der Waals surface area (Å²) in [5.41, 5.74) is 5.79. The fourth-order valence-electron chi connectivity index (χ4n) is 3.46. The number of rotatable bonds is 11. The van der Waals surface area contributed by atoms with Crippen molar-refractivity contribution in [3.63, 3.8) is 0 Å². The standard InChI is InChI=1S/C21H25ClN6O5/c1-33-10-9-27-20(31)14(11-16(19(23)30)21(27)32)3-2-4-18-24-26-28(25-18)12-17(29)13-5-7-15(22)8-6-13/h5-8,11,14,17,29H,2-4,9-10,12H2,1H3,(H2,23,30)/t14?,17-/m0/s1. The van der Waals surface area contributed by atoms with Crippen molar-refractivity contribution in [2.45, 2.75) is 31.9 Å². The predicted molar refractivity (Wildman–Crippen MR) is 117 cm³/mol. The van der Waals surface area contributed by atoms with Gasteiger partial charge in [-0.05, 0) is 35.8 Å². The zero-order valence-electron chi connectivity index (χ0n) is 18.1. The van der Waals surface area contributed by atoms with Gasteiger partial charge in [-0.2, -0.15) is 4.80 Å². The molecule has 0 bridgehead atoms. The van der Waals surface area contributed by atoms with Crippen molar-refractivity contribution in [2.75, 3.05) is 20.3 Å². The van der Waals surface area contributed by atoms with Crippen LogP contribution in [0.1, 0.15) is 30.3 Å². The van der Waals surface area contributed by atoms with Crippen molar-refractivity contribution in [2.24, 2.45) is 11.7 Å². The van der Waals surface area contributed by atoms with Crippen LogP contribution in [0.5, 0.6) is 0 Å². The third-order valence-corrected chi connectivity index (χ3v) is 5.46. The van der Waals surface area contributed by atoms with E-state index in [1.807, 2.05) is 0 Å². The number of benzene rings is 1. The van der Waals surface area contributed by atoms with E-state index in [0.717, 1.165) is 4.90 Å². The van der Waals surface area contributed by atoms with Crippen molar-refractivity contribution >= 4 is 29.3 Å². The van der Waals surface area contributed by atoms with E-state index in [1.54, 1.807) is 24.3 Å². The first-order valence-corrected chi connectivity index (χ1v) is 10.7. The van der Waals surface area contributed by atoms with Gasteiger partial charge in [0.25, 0.3) is 11.8 Å². The Morgan fingerprint density at radius 1 is 1.30 bits per heavy atom. The average Bonchev–Trinajstić information content (AvgIpc) is 3.22. The molecule has 3 N–H and O–H groups in total. The van der Waals surface area contributed by atoms with Crippen LogP contribution in [0.15, 0.2) is 35.9 Å². The fraction of sp³-hybridized carbons (Fsp3) is 0.429. The summed E-state index contributed by atoms with van der Waals surface area (Å²) in [7, 11) is 1.45. The Balaban J connectivity index is 1.57. The van der Waals surface area contributed by atoms with Gasteiger partial charge in [0.1, 0.15) is 11.7 Å². The molecule has 1 aliphatic heterocycles. The predicted octanol–water partition coefficient (Wildman–Crippen LogP) is 0.426. The van der Waals surface area contributed by atoms with Gasteiger partial charge in [0.15, 0.2) is 5.82 Å². The van der Waals surface area contributed by atoms with E-state index in [-0.39, 0.29) is 25.3 Å². The zero-order valence-corrected chi connectivity index (χ0v) is 18.8. The highest BCUT2D eigenvalue weighted by atomic mass is 35.5. The molecule has 0 saturated carbocycles. The molecule has 3 amide bonds. The second-order valence-corrected chi connectivity index (χ2v) is 8.00. The monoisotopic (exact) mass is 476 g/mol. The molecule has 2 aromatic rings. The molecule has 12 heteroatoms. The molecule has 33 heavy (non-hydrogen) atoms. The highest BCUT2D eigenvalue weighted by molar-refractivity contribution is 6.30. The van der Waals surface area contributed by atoms with Crippen molar-refractivity contribution in [3.8, 4) is 0 Å². The van der Waals surface area contributed by atoms with Gasteiger partial charge >= 0.3 is 0 Å². The number of hydrogen-bond acceptors (Lipinski definition) is 8. The van der Waals surface area contributed by atoms with Crippen molar-refractivity contribution in [1.29, 1.82) is 0 Å². The average molecular weight is 477 g/mol. The molecule has 0 aliphatic carbocycles. The second kappa shape index (κ2) is 11.1. The number of amides is 3. The summed E-state index contributed by atoms with van der Waals surface area (Å²) >= 11 is 5.86. The molecule has 2 heterocycles. The minimum atomic E-state index is -0.872. The number of aliphatic hydroxyl groups is 1. The highest BCUT2D eigenvalue weighted by Gasteiger charge is 2.36. The van der Waals surface area contributed by atoms with Gasteiger partial charge in [-0.3, -0.25) is 19.3 Å². The number of tetrazole rings is 1. The van der Waals surface area contributed by atoms with E-state index in [1.165, 1.54) is 18.0 Å². The maximum absolute atomic E-state index is 12.7. The lowest BCUT2D eigenvalue weighted by Gasteiger charge is -2.29. The lowest BCUT2D eigenvalue weighted by Crippen LogP contribution is -2.48. The number of primary amides is 1. The Kier molecular flexibility index (Phi) is 8.26. The van der Waals surface area contributed by atoms with Crippen LogP contribution in [0.25, 0.3) is 0 Å². The number of ether oxygens (including phenoxy) is 1. The lowest BCUT2D eigenvalue weighted by molar-refractivity contribution is -0.147. The Bertz CT molecular complexity index is 1040. The first-order valence-electron chi connectivity index (χ1n) is 10.4. The van der Waals surface area contributed by atoms with Crippen LogP contribution in [-0.4, -0.2) is 68.2 Å². The summed E-state index contributed by atoms with van der Waals surface area (Å²) in [6.45, 7) is 0.323. The molecule has 1 aromatic heterocycles. The van der Waals surface area contributed by atoms with Crippen LogP contribution in [-0.2, 0) is 32.1 Å². The molecule has 1 unspecified atom stereocenters. The molecule has 3 rings (SSSR count). The molecule has 0 spiro atoms. The molecule has 0 fully saturated rings. The van der Waals surface area contributed by atoms with E-state index in [9.17, 15) is 19.5 Å². The molecule has 1 aliphatic rings. The largest absolute Gasteiger partial charge is 0.386 e. The van der Waals surface area contributed by atoms with E-state index in [2.05, 4.69) is 15.4 Å².